The van der Waals surface area contributed by atoms with E-state index in [0.717, 1.165) is 0 Å². The minimum atomic E-state index is -1.05. The molecule has 4 nitrogen and oxygen atoms in total. The zero-order chi connectivity index (χ0) is 12.1. The molecule has 1 rings (SSSR count). The lowest BCUT2D eigenvalue weighted by atomic mass is 10.1. The van der Waals surface area contributed by atoms with Gasteiger partial charge in [-0.25, -0.2) is 4.79 Å². The number of hydrogen-bond donors (Lipinski definition) is 1. The van der Waals surface area contributed by atoms with Crippen molar-refractivity contribution >= 4 is 11.5 Å². The number of ether oxygens (including phenoxy) is 2. The smallest absolute Gasteiger partial charge is 0.335 e. The quantitative estimate of drug-likeness (QED) is 0.776. The van der Waals surface area contributed by atoms with Crippen LogP contribution in [0, 0.1) is 0 Å². The first-order valence-electron chi connectivity index (χ1n) is 4.83. The number of hydrogen-bond acceptors (Lipinski definition) is 3. The molecule has 16 heavy (non-hydrogen) atoms. The lowest BCUT2D eigenvalue weighted by Gasteiger charge is -2.10. The number of carboxylic acids is 1. The van der Waals surface area contributed by atoms with E-state index in [2.05, 4.69) is 6.58 Å². The highest BCUT2D eigenvalue weighted by Gasteiger charge is 2.11. The molecule has 0 atom stereocenters. The Hall–Kier alpha value is -1.97. The summed E-state index contributed by atoms with van der Waals surface area (Å²) in [5.74, 6) is 0.0429. The van der Waals surface area contributed by atoms with Gasteiger partial charge in [-0.15, -0.1) is 0 Å². The standard InChI is InChI=1S/C12H14O4/c1-4-16-11-7-9(8(2)12(13)14)5-6-10(11)15-3/h5-7H,2,4H2,1,3H3,(H,13,14). The summed E-state index contributed by atoms with van der Waals surface area (Å²) >= 11 is 0. The van der Waals surface area contributed by atoms with Crippen molar-refractivity contribution in [1.29, 1.82) is 0 Å². The zero-order valence-corrected chi connectivity index (χ0v) is 9.32. The summed E-state index contributed by atoms with van der Waals surface area (Å²) in [4.78, 5) is 10.8. The van der Waals surface area contributed by atoms with E-state index in [9.17, 15) is 4.79 Å². The molecule has 0 heterocycles. The highest BCUT2D eigenvalue weighted by molar-refractivity contribution is 6.14. The van der Waals surface area contributed by atoms with Gasteiger partial charge < -0.3 is 14.6 Å². The molecule has 0 radical (unpaired) electrons. The van der Waals surface area contributed by atoms with Crippen molar-refractivity contribution in [1.82, 2.24) is 0 Å². The van der Waals surface area contributed by atoms with Crippen molar-refractivity contribution in [3.05, 3.63) is 30.3 Å². The van der Waals surface area contributed by atoms with Crippen LogP contribution in [0.1, 0.15) is 12.5 Å². The number of aliphatic carboxylic acids is 1. The van der Waals surface area contributed by atoms with Gasteiger partial charge in [-0.2, -0.15) is 0 Å². The summed E-state index contributed by atoms with van der Waals surface area (Å²) in [5, 5.41) is 8.81. The predicted octanol–water partition coefficient (Wildman–Crippen LogP) is 2.19. The van der Waals surface area contributed by atoms with Crippen molar-refractivity contribution in [3.8, 4) is 11.5 Å². The molecule has 1 aromatic rings. The van der Waals surface area contributed by atoms with E-state index < -0.39 is 5.97 Å². The van der Waals surface area contributed by atoms with Crippen LogP contribution in [0.3, 0.4) is 0 Å². The maximum Gasteiger partial charge on any atom is 0.335 e. The molecule has 0 bridgehead atoms. The highest BCUT2D eigenvalue weighted by atomic mass is 16.5. The van der Waals surface area contributed by atoms with E-state index in [-0.39, 0.29) is 5.57 Å². The van der Waals surface area contributed by atoms with Crippen LogP contribution >= 0.6 is 0 Å². The first kappa shape index (κ1) is 12.1. The van der Waals surface area contributed by atoms with Gasteiger partial charge in [-0.1, -0.05) is 12.6 Å². The Morgan fingerprint density at radius 3 is 2.62 bits per heavy atom. The number of methoxy groups -OCH3 is 1. The zero-order valence-electron chi connectivity index (χ0n) is 9.32. The van der Waals surface area contributed by atoms with Crippen molar-refractivity contribution in [3.63, 3.8) is 0 Å². The Kier molecular flexibility index (Phi) is 3.94. The molecule has 0 spiro atoms. The van der Waals surface area contributed by atoms with E-state index in [1.165, 1.54) is 7.11 Å². The molecule has 1 aromatic carbocycles. The fourth-order valence-electron chi connectivity index (χ4n) is 1.26. The molecule has 0 aliphatic heterocycles. The molecule has 0 saturated heterocycles. The van der Waals surface area contributed by atoms with Gasteiger partial charge in [0.25, 0.3) is 0 Å². The van der Waals surface area contributed by atoms with Gasteiger partial charge in [0.2, 0.25) is 0 Å². The second kappa shape index (κ2) is 5.21. The SMILES string of the molecule is C=C(C(=O)O)c1ccc(OC)c(OCC)c1. The number of rotatable bonds is 5. The molecule has 1 N–H and O–H groups in total. The maximum absolute atomic E-state index is 10.8. The lowest BCUT2D eigenvalue weighted by Crippen LogP contribution is -2.00. The molecule has 0 amide bonds. The van der Waals surface area contributed by atoms with Crippen molar-refractivity contribution in [2.75, 3.05) is 13.7 Å². The Morgan fingerprint density at radius 2 is 2.12 bits per heavy atom. The summed E-state index contributed by atoms with van der Waals surface area (Å²) < 4.78 is 10.4. The van der Waals surface area contributed by atoms with Crippen LogP contribution in [-0.2, 0) is 4.79 Å². The third-order valence-corrected chi connectivity index (χ3v) is 2.07. The van der Waals surface area contributed by atoms with Crippen LogP contribution in [0.15, 0.2) is 24.8 Å². The largest absolute Gasteiger partial charge is 0.493 e. The molecular weight excluding hydrogens is 208 g/mol. The monoisotopic (exact) mass is 222 g/mol. The Morgan fingerprint density at radius 1 is 1.44 bits per heavy atom. The second-order valence-corrected chi connectivity index (χ2v) is 3.08. The van der Waals surface area contributed by atoms with Gasteiger partial charge in [-0.3, -0.25) is 0 Å². The average Bonchev–Trinajstić information content (AvgIpc) is 2.28. The van der Waals surface area contributed by atoms with E-state index in [1.807, 2.05) is 6.92 Å². The van der Waals surface area contributed by atoms with Crippen LogP contribution in [0.2, 0.25) is 0 Å². The van der Waals surface area contributed by atoms with Gasteiger partial charge in [-0.05, 0) is 24.6 Å². The maximum atomic E-state index is 10.8. The predicted molar refractivity (Wildman–Crippen MR) is 60.8 cm³/mol. The molecule has 0 aliphatic carbocycles. The first-order chi connectivity index (χ1) is 7.60. The topological polar surface area (TPSA) is 55.8 Å². The molecule has 86 valence electrons. The number of carboxylic acid groups (broad SMARTS) is 1. The van der Waals surface area contributed by atoms with Crippen molar-refractivity contribution in [2.24, 2.45) is 0 Å². The molecule has 0 aliphatic rings. The fourth-order valence-corrected chi connectivity index (χ4v) is 1.26. The van der Waals surface area contributed by atoms with E-state index in [4.69, 9.17) is 14.6 Å². The minimum absolute atomic E-state index is 0.0311. The van der Waals surface area contributed by atoms with E-state index >= 15 is 0 Å². The molecule has 0 fully saturated rings. The highest BCUT2D eigenvalue weighted by Crippen LogP contribution is 2.30. The Bertz CT molecular complexity index is 409. The number of benzene rings is 1. The van der Waals surface area contributed by atoms with Gasteiger partial charge in [0.05, 0.1) is 19.3 Å². The van der Waals surface area contributed by atoms with Gasteiger partial charge in [0, 0.05) is 0 Å². The van der Waals surface area contributed by atoms with Gasteiger partial charge in [0.15, 0.2) is 11.5 Å². The molecule has 4 heteroatoms. The lowest BCUT2D eigenvalue weighted by molar-refractivity contribution is -0.130. The van der Waals surface area contributed by atoms with Crippen molar-refractivity contribution in [2.45, 2.75) is 6.92 Å². The third kappa shape index (κ3) is 2.53. The average molecular weight is 222 g/mol. The normalized spacial score (nSPS) is 9.62. The Balaban J connectivity index is 3.11. The summed E-state index contributed by atoms with van der Waals surface area (Å²) in [6.07, 6.45) is 0. The Labute approximate surface area is 94.1 Å². The van der Waals surface area contributed by atoms with E-state index in [1.54, 1.807) is 18.2 Å². The summed E-state index contributed by atoms with van der Waals surface area (Å²) in [7, 11) is 1.53. The first-order valence-corrected chi connectivity index (χ1v) is 4.83. The molecule has 0 saturated carbocycles. The van der Waals surface area contributed by atoms with E-state index in [0.29, 0.717) is 23.7 Å². The summed E-state index contributed by atoms with van der Waals surface area (Å²) in [5.41, 5.74) is 0.542. The van der Waals surface area contributed by atoms with Gasteiger partial charge >= 0.3 is 5.97 Å². The minimum Gasteiger partial charge on any atom is -0.493 e. The van der Waals surface area contributed by atoms with Crippen LogP contribution in [0.5, 0.6) is 11.5 Å². The second-order valence-electron chi connectivity index (χ2n) is 3.08. The molecular formula is C12H14O4. The van der Waals surface area contributed by atoms with Gasteiger partial charge in [0.1, 0.15) is 0 Å². The van der Waals surface area contributed by atoms with Crippen molar-refractivity contribution < 1.29 is 19.4 Å². The number of carbonyl (C=O) groups is 1. The molecule has 0 aromatic heterocycles. The fraction of sp³-hybridized carbons (Fsp3) is 0.250. The summed E-state index contributed by atoms with van der Waals surface area (Å²) in [6, 6.07) is 4.91. The van der Waals surface area contributed by atoms with Crippen LogP contribution < -0.4 is 9.47 Å². The third-order valence-electron chi connectivity index (χ3n) is 2.07. The molecule has 0 unspecified atom stereocenters. The van der Waals surface area contributed by atoms with Crippen LogP contribution in [0.25, 0.3) is 5.57 Å². The summed E-state index contributed by atoms with van der Waals surface area (Å²) in [6.45, 7) is 5.82. The van der Waals surface area contributed by atoms with Crippen LogP contribution in [-0.4, -0.2) is 24.8 Å². The van der Waals surface area contributed by atoms with Crippen LogP contribution in [0.4, 0.5) is 0 Å².